The maximum Gasteiger partial charge on any atom is 0.257 e. The summed E-state index contributed by atoms with van der Waals surface area (Å²) >= 11 is 0. The molecule has 0 unspecified atom stereocenters. The van der Waals surface area contributed by atoms with Gasteiger partial charge >= 0.3 is 0 Å². The number of fused-ring (bicyclic) bond motifs is 9. The monoisotopic (exact) mass is 578 g/mol. The fourth-order valence-electron chi connectivity index (χ4n) is 7.68. The highest BCUT2D eigenvalue weighted by atomic mass is 19.1. The van der Waals surface area contributed by atoms with Gasteiger partial charge in [0.15, 0.2) is 0 Å². The Morgan fingerprint density at radius 2 is 1.16 bits per heavy atom. The van der Waals surface area contributed by atoms with Crippen LogP contribution in [-0.2, 0) is 0 Å². The first kappa shape index (κ1) is 24.6. The molecule has 2 aliphatic heterocycles. The average molecular weight is 578 g/mol. The van der Waals surface area contributed by atoms with Crippen LogP contribution in [0, 0.1) is 5.82 Å². The van der Waals surface area contributed by atoms with Crippen molar-refractivity contribution in [2.45, 2.75) is 0 Å². The molecule has 0 N–H and O–H groups in total. The fraction of sp³-hybridized carbons (Fsp3) is 0. The molecule has 0 bridgehead atoms. The third-order valence-corrected chi connectivity index (χ3v) is 9.49. The van der Waals surface area contributed by atoms with Crippen LogP contribution < -0.4 is 26.0 Å². The molecule has 0 aliphatic carbocycles. The van der Waals surface area contributed by atoms with Crippen molar-refractivity contribution >= 4 is 72.7 Å². The number of ether oxygens (including phenoxy) is 1. The molecule has 3 heterocycles. The van der Waals surface area contributed by atoms with Gasteiger partial charge in [-0.1, -0.05) is 97.1 Å². The van der Waals surface area contributed by atoms with Crippen LogP contribution in [0.15, 0.2) is 146 Å². The number of para-hydroxylation sites is 4. The molecule has 0 amide bonds. The second-order valence-corrected chi connectivity index (χ2v) is 11.8. The Hall–Kier alpha value is -5.81. The maximum atomic E-state index is 15.8. The van der Waals surface area contributed by atoms with Gasteiger partial charge in [0.25, 0.3) is 6.71 Å². The van der Waals surface area contributed by atoms with Gasteiger partial charge in [0.2, 0.25) is 0 Å². The molecule has 2 aliphatic rings. The van der Waals surface area contributed by atoms with Crippen LogP contribution in [0.25, 0.3) is 38.3 Å². The van der Waals surface area contributed by atoms with Crippen molar-refractivity contribution in [2.24, 2.45) is 0 Å². The van der Waals surface area contributed by atoms with E-state index in [4.69, 9.17) is 4.74 Å². The molecule has 10 rings (SSSR count). The normalized spacial score (nSPS) is 13.1. The molecule has 45 heavy (non-hydrogen) atoms. The van der Waals surface area contributed by atoms with Crippen LogP contribution >= 0.6 is 0 Å². The lowest BCUT2D eigenvalue weighted by molar-refractivity contribution is 0.488. The maximum absolute atomic E-state index is 15.8. The van der Waals surface area contributed by atoms with Gasteiger partial charge < -0.3 is 14.2 Å². The van der Waals surface area contributed by atoms with E-state index in [1.165, 1.54) is 22.2 Å². The summed E-state index contributed by atoms with van der Waals surface area (Å²) in [7, 11) is 0. The van der Waals surface area contributed by atoms with Crippen LogP contribution in [0.5, 0.6) is 11.5 Å². The first-order chi connectivity index (χ1) is 22.3. The number of aromatic nitrogens is 1. The van der Waals surface area contributed by atoms with Crippen LogP contribution in [0.1, 0.15) is 0 Å². The van der Waals surface area contributed by atoms with Gasteiger partial charge in [-0.2, -0.15) is 0 Å². The Bertz CT molecular complexity index is 2460. The SMILES string of the molecule is Fc1ccccc1N1c2ccccc2B2c3c(cc(-n4c5ccccc5c5ccccc54)cc31)Oc1ccc3ccccc3c12. The van der Waals surface area contributed by atoms with Gasteiger partial charge in [-0.15, -0.1) is 0 Å². The van der Waals surface area contributed by atoms with Gasteiger partial charge in [-0.3, -0.25) is 0 Å². The van der Waals surface area contributed by atoms with Crippen molar-refractivity contribution in [1.82, 2.24) is 4.57 Å². The minimum Gasteiger partial charge on any atom is -0.458 e. The van der Waals surface area contributed by atoms with Crippen LogP contribution in [0.4, 0.5) is 21.5 Å². The van der Waals surface area contributed by atoms with E-state index in [2.05, 4.69) is 125 Å². The molecular weight excluding hydrogens is 554 g/mol. The van der Waals surface area contributed by atoms with Crippen molar-refractivity contribution in [2.75, 3.05) is 4.90 Å². The Labute approximate surface area is 259 Å². The second kappa shape index (κ2) is 9.10. The standard InChI is InChI=1S/C40H24BFN2O/c42-31-16-6-10-20-35(31)44-34-19-9-5-15-30(34)41-39-27-12-2-1-11-25(27)21-22-37(39)45-38-24-26(23-36(44)40(38)41)43-32-17-7-3-13-28(32)29-14-4-8-18-33(29)43/h1-24H. The Morgan fingerprint density at radius 1 is 0.511 bits per heavy atom. The predicted molar refractivity (Wildman–Crippen MR) is 184 cm³/mol. The number of halogens is 1. The minimum atomic E-state index is -0.274. The first-order valence-corrected chi connectivity index (χ1v) is 15.3. The van der Waals surface area contributed by atoms with E-state index in [0.29, 0.717) is 5.69 Å². The molecule has 1 aromatic heterocycles. The highest BCUT2D eigenvalue weighted by Crippen LogP contribution is 2.44. The molecule has 3 nitrogen and oxygen atoms in total. The van der Waals surface area contributed by atoms with E-state index in [1.54, 1.807) is 6.07 Å². The summed E-state index contributed by atoms with van der Waals surface area (Å²) in [4.78, 5) is 2.08. The zero-order chi connectivity index (χ0) is 29.6. The van der Waals surface area contributed by atoms with Crippen LogP contribution in [0.2, 0.25) is 0 Å². The van der Waals surface area contributed by atoms with Crippen molar-refractivity contribution in [3.8, 4) is 17.2 Å². The predicted octanol–water partition coefficient (Wildman–Crippen LogP) is 8.48. The highest BCUT2D eigenvalue weighted by Gasteiger charge is 2.43. The van der Waals surface area contributed by atoms with E-state index < -0.39 is 0 Å². The summed E-state index contributed by atoms with van der Waals surface area (Å²) in [5, 5.41) is 4.70. The molecule has 0 fully saturated rings. The lowest BCUT2D eigenvalue weighted by atomic mass is 9.33. The molecule has 0 saturated carbocycles. The summed E-state index contributed by atoms with van der Waals surface area (Å²) in [5.74, 6) is 1.36. The molecule has 210 valence electrons. The molecule has 0 spiro atoms. The highest BCUT2D eigenvalue weighted by molar-refractivity contribution is 7.00. The Kier molecular flexibility index (Phi) is 4.98. The number of rotatable bonds is 2. The molecule has 8 aromatic rings. The lowest BCUT2D eigenvalue weighted by Crippen LogP contribution is -2.59. The quantitative estimate of drug-likeness (QED) is 0.192. The largest absolute Gasteiger partial charge is 0.458 e. The van der Waals surface area contributed by atoms with Crippen molar-refractivity contribution in [3.05, 3.63) is 151 Å². The fourth-order valence-corrected chi connectivity index (χ4v) is 7.68. The van der Waals surface area contributed by atoms with E-state index in [0.717, 1.165) is 61.4 Å². The van der Waals surface area contributed by atoms with Gasteiger partial charge in [-0.05, 0) is 69.6 Å². The van der Waals surface area contributed by atoms with Gasteiger partial charge in [0, 0.05) is 28.2 Å². The molecule has 0 radical (unpaired) electrons. The van der Waals surface area contributed by atoms with E-state index in [1.807, 2.05) is 18.2 Å². The first-order valence-electron chi connectivity index (χ1n) is 15.3. The molecule has 0 atom stereocenters. The zero-order valence-electron chi connectivity index (χ0n) is 24.1. The van der Waals surface area contributed by atoms with Gasteiger partial charge in [-0.25, -0.2) is 4.39 Å². The van der Waals surface area contributed by atoms with Crippen molar-refractivity contribution < 1.29 is 9.13 Å². The summed E-state index contributed by atoms with van der Waals surface area (Å²) < 4.78 is 25.0. The average Bonchev–Trinajstić information content (AvgIpc) is 3.43. The summed E-state index contributed by atoms with van der Waals surface area (Å²) in [5.41, 5.74) is 8.88. The number of nitrogens with zero attached hydrogens (tertiary/aromatic N) is 2. The smallest absolute Gasteiger partial charge is 0.257 e. The molecule has 7 aromatic carbocycles. The number of hydrogen-bond acceptors (Lipinski definition) is 2. The Balaban J connectivity index is 1.35. The summed E-state index contributed by atoms with van der Waals surface area (Å²) in [6.07, 6.45) is 0. The van der Waals surface area contributed by atoms with Crippen LogP contribution in [-0.4, -0.2) is 11.3 Å². The second-order valence-electron chi connectivity index (χ2n) is 11.8. The number of hydrogen-bond donors (Lipinski definition) is 0. The van der Waals surface area contributed by atoms with Crippen molar-refractivity contribution in [1.29, 1.82) is 0 Å². The molecule has 5 heteroatoms. The summed E-state index contributed by atoms with van der Waals surface area (Å²) in [6, 6.07) is 49.5. The molecule has 0 saturated heterocycles. The topological polar surface area (TPSA) is 17.4 Å². The third kappa shape index (κ3) is 3.35. The van der Waals surface area contributed by atoms with E-state index in [9.17, 15) is 0 Å². The minimum absolute atomic E-state index is 0.0868. The van der Waals surface area contributed by atoms with Gasteiger partial charge in [0.05, 0.1) is 22.4 Å². The van der Waals surface area contributed by atoms with E-state index >= 15 is 4.39 Å². The Morgan fingerprint density at radius 3 is 1.93 bits per heavy atom. The lowest BCUT2D eigenvalue weighted by Gasteiger charge is -2.40. The van der Waals surface area contributed by atoms with Gasteiger partial charge in [0.1, 0.15) is 17.3 Å². The molecular formula is C40H24BFN2O. The van der Waals surface area contributed by atoms with Crippen LogP contribution in [0.3, 0.4) is 0 Å². The van der Waals surface area contributed by atoms with Crippen molar-refractivity contribution in [3.63, 3.8) is 0 Å². The number of benzene rings is 7. The van der Waals surface area contributed by atoms with E-state index in [-0.39, 0.29) is 12.5 Å². The third-order valence-electron chi connectivity index (χ3n) is 9.49. The summed E-state index contributed by atoms with van der Waals surface area (Å²) in [6.45, 7) is -0.0868. The zero-order valence-corrected chi connectivity index (χ0v) is 24.1. The number of anilines is 3.